The number of nitrogens with one attached hydrogen (secondary N) is 1. The Bertz CT molecular complexity index is 722. The van der Waals surface area contributed by atoms with Crippen molar-refractivity contribution in [2.75, 3.05) is 18.0 Å². The Morgan fingerprint density at radius 3 is 2.61 bits per heavy atom. The normalized spacial score (nSPS) is 10.3. The van der Waals surface area contributed by atoms with E-state index in [1.165, 1.54) is 18.2 Å². The number of rotatable bonds is 6. The summed E-state index contributed by atoms with van der Waals surface area (Å²) in [5.41, 5.74) is 5.47. The summed E-state index contributed by atoms with van der Waals surface area (Å²) in [4.78, 5) is 23.2. The minimum Gasteiger partial charge on any atom is -0.393 e. The number of nitro benzene ring substituents is 1. The van der Waals surface area contributed by atoms with Crippen molar-refractivity contribution in [3.63, 3.8) is 0 Å². The van der Waals surface area contributed by atoms with E-state index in [1.54, 1.807) is 23.9 Å². The highest BCUT2D eigenvalue weighted by atomic mass is 35.5. The van der Waals surface area contributed by atoms with Gasteiger partial charge in [-0.15, -0.1) is 11.8 Å². The van der Waals surface area contributed by atoms with Crippen LogP contribution in [0.25, 0.3) is 0 Å². The Morgan fingerprint density at radius 2 is 1.96 bits per heavy atom. The number of halogens is 1. The molecule has 23 heavy (non-hydrogen) atoms. The molecule has 0 aromatic heterocycles. The second kappa shape index (κ2) is 7.85. The van der Waals surface area contributed by atoms with Crippen LogP contribution in [0.3, 0.4) is 0 Å². The smallest absolute Gasteiger partial charge is 0.292 e. The van der Waals surface area contributed by atoms with Crippen molar-refractivity contribution in [2.45, 2.75) is 4.90 Å². The summed E-state index contributed by atoms with van der Waals surface area (Å²) < 4.78 is 0. The van der Waals surface area contributed by atoms with Crippen molar-refractivity contribution >= 4 is 40.6 Å². The predicted molar refractivity (Wildman–Crippen MR) is 92.0 cm³/mol. The fraction of sp³-hybridized carbons (Fsp3) is 0.133. The lowest BCUT2D eigenvalue weighted by molar-refractivity contribution is -0.383. The number of nitrogen functional groups attached to an aromatic ring is 1. The van der Waals surface area contributed by atoms with Gasteiger partial charge in [-0.25, -0.2) is 0 Å². The van der Waals surface area contributed by atoms with E-state index < -0.39 is 4.92 Å². The Hall–Kier alpha value is -2.25. The van der Waals surface area contributed by atoms with Crippen molar-refractivity contribution in [1.29, 1.82) is 0 Å². The van der Waals surface area contributed by atoms with Crippen molar-refractivity contribution in [2.24, 2.45) is 0 Å². The molecule has 2 aromatic rings. The van der Waals surface area contributed by atoms with Gasteiger partial charge >= 0.3 is 0 Å². The van der Waals surface area contributed by atoms with E-state index >= 15 is 0 Å². The van der Waals surface area contributed by atoms with Crippen LogP contribution in [0, 0.1) is 10.1 Å². The van der Waals surface area contributed by atoms with Crippen LogP contribution in [0.2, 0.25) is 5.02 Å². The van der Waals surface area contributed by atoms with Crippen molar-refractivity contribution in [1.82, 2.24) is 5.32 Å². The van der Waals surface area contributed by atoms with E-state index in [4.69, 9.17) is 17.3 Å². The number of nitro groups is 1. The van der Waals surface area contributed by atoms with Gasteiger partial charge in [-0.2, -0.15) is 0 Å². The highest BCUT2D eigenvalue weighted by Crippen LogP contribution is 2.22. The number of carbonyl (C=O) groups is 1. The maximum atomic E-state index is 12.0. The van der Waals surface area contributed by atoms with Crippen LogP contribution in [0.4, 0.5) is 11.4 Å². The molecule has 0 spiro atoms. The number of carbonyl (C=O) groups excluding carboxylic acids is 1. The number of hydrogen-bond donors (Lipinski definition) is 2. The topological polar surface area (TPSA) is 98.3 Å². The molecule has 0 aliphatic carbocycles. The van der Waals surface area contributed by atoms with Gasteiger partial charge in [0.25, 0.3) is 11.6 Å². The summed E-state index contributed by atoms with van der Waals surface area (Å²) in [7, 11) is 0. The molecule has 8 heteroatoms. The molecular weight excluding hydrogens is 338 g/mol. The largest absolute Gasteiger partial charge is 0.393 e. The molecule has 0 aliphatic rings. The molecule has 6 nitrogen and oxygen atoms in total. The Labute approximate surface area is 142 Å². The zero-order valence-corrected chi connectivity index (χ0v) is 13.6. The van der Waals surface area contributed by atoms with Gasteiger partial charge in [0.2, 0.25) is 0 Å². The van der Waals surface area contributed by atoms with Crippen molar-refractivity contribution < 1.29 is 9.72 Å². The van der Waals surface area contributed by atoms with Crippen molar-refractivity contribution in [3.8, 4) is 0 Å². The lowest BCUT2D eigenvalue weighted by atomic mass is 10.1. The third kappa shape index (κ3) is 4.87. The van der Waals surface area contributed by atoms with Crippen LogP contribution >= 0.6 is 23.4 Å². The van der Waals surface area contributed by atoms with E-state index in [0.29, 0.717) is 17.3 Å². The van der Waals surface area contributed by atoms with Gasteiger partial charge in [0.1, 0.15) is 5.69 Å². The molecule has 1 amide bonds. The quantitative estimate of drug-likeness (QED) is 0.273. The Morgan fingerprint density at radius 1 is 1.26 bits per heavy atom. The van der Waals surface area contributed by atoms with Gasteiger partial charge in [0.15, 0.2) is 0 Å². The zero-order chi connectivity index (χ0) is 16.8. The summed E-state index contributed by atoms with van der Waals surface area (Å²) >= 11 is 7.38. The molecule has 0 fully saturated rings. The number of amides is 1. The van der Waals surface area contributed by atoms with Gasteiger partial charge < -0.3 is 11.1 Å². The van der Waals surface area contributed by atoms with E-state index in [9.17, 15) is 14.9 Å². The Balaban J connectivity index is 1.86. The van der Waals surface area contributed by atoms with Crippen LogP contribution in [0.1, 0.15) is 10.4 Å². The van der Waals surface area contributed by atoms with Crippen LogP contribution < -0.4 is 11.1 Å². The lowest BCUT2D eigenvalue weighted by Crippen LogP contribution is -2.25. The first kappa shape index (κ1) is 17.1. The standard InChI is InChI=1S/C15H14ClN3O3S/c16-11-2-4-12(5-3-11)23-8-7-18-15(20)10-1-6-13(17)14(9-10)19(21)22/h1-6,9H,7-8,17H2,(H,18,20). The first-order valence-corrected chi connectivity index (χ1v) is 8.04. The second-order valence-corrected chi connectivity index (χ2v) is 6.19. The average molecular weight is 352 g/mol. The molecule has 2 aromatic carbocycles. The molecule has 120 valence electrons. The molecule has 0 saturated carbocycles. The monoisotopic (exact) mass is 351 g/mol. The van der Waals surface area contributed by atoms with Gasteiger partial charge in [0, 0.05) is 33.8 Å². The Kier molecular flexibility index (Phi) is 5.84. The first-order chi connectivity index (χ1) is 11.0. The van der Waals surface area contributed by atoms with Gasteiger partial charge in [0.05, 0.1) is 4.92 Å². The molecule has 3 N–H and O–H groups in total. The molecule has 2 rings (SSSR count). The fourth-order valence-electron chi connectivity index (χ4n) is 1.81. The molecule has 0 saturated heterocycles. The third-order valence-electron chi connectivity index (χ3n) is 2.96. The zero-order valence-electron chi connectivity index (χ0n) is 12.0. The lowest BCUT2D eigenvalue weighted by Gasteiger charge is -2.06. The number of hydrogen-bond acceptors (Lipinski definition) is 5. The minimum atomic E-state index is -0.609. The molecule has 0 radical (unpaired) electrons. The molecule has 0 bridgehead atoms. The van der Waals surface area contributed by atoms with E-state index in [1.807, 2.05) is 12.1 Å². The highest BCUT2D eigenvalue weighted by Gasteiger charge is 2.15. The molecular formula is C15H14ClN3O3S. The number of anilines is 1. The highest BCUT2D eigenvalue weighted by molar-refractivity contribution is 7.99. The van der Waals surface area contributed by atoms with Gasteiger partial charge in [-0.05, 0) is 36.4 Å². The third-order valence-corrected chi connectivity index (χ3v) is 4.23. The second-order valence-electron chi connectivity index (χ2n) is 4.59. The SMILES string of the molecule is Nc1ccc(C(=O)NCCSc2ccc(Cl)cc2)cc1[N+](=O)[O-]. The van der Waals surface area contributed by atoms with Gasteiger partial charge in [-0.3, -0.25) is 14.9 Å². The van der Waals surface area contributed by atoms with Crippen LogP contribution in [-0.4, -0.2) is 23.1 Å². The number of benzene rings is 2. The maximum Gasteiger partial charge on any atom is 0.292 e. The van der Waals surface area contributed by atoms with Crippen molar-refractivity contribution in [3.05, 3.63) is 63.2 Å². The van der Waals surface area contributed by atoms with E-state index in [2.05, 4.69) is 5.32 Å². The van der Waals surface area contributed by atoms with Crippen LogP contribution in [-0.2, 0) is 0 Å². The molecule has 0 heterocycles. The summed E-state index contributed by atoms with van der Waals surface area (Å²) in [5.74, 6) is 0.301. The summed E-state index contributed by atoms with van der Waals surface area (Å²) in [6.07, 6.45) is 0. The summed E-state index contributed by atoms with van der Waals surface area (Å²) in [6, 6.07) is 11.4. The number of thioether (sulfide) groups is 1. The molecule has 0 atom stereocenters. The fourth-order valence-corrected chi connectivity index (χ4v) is 2.70. The summed E-state index contributed by atoms with van der Waals surface area (Å²) in [5, 5.41) is 14.2. The predicted octanol–water partition coefficient (Wildman–Crippen LogP) is 3.35. The van der Waals surface area contributed by atoms with Gasteiger partial charge in [-0.1, -0.05) is 11.6 Å². The molecule has 0 aliphatic heterocycles. The van der Waals surface area contributed by atoms with Crippen LogP contribution in [0.5, 0.6) is 0 Å². The van der Waals surface area contributed by atoms with Crippen LogP contribution in [0.15, 0.2) is 47.4 Å². The van der Waals surface area contributed by atoms with E-state index in [-0.39, 0.29) is 22.8 Å². The molecule has 0 unspecified atom stereocenters. The maximum absolute atomic E-state index is 12.0. The number of nitrogens with zero attached hydrogens (tertiary/aromatic N) is 1. The summed E-state index contributed by atoms with van der Waals surface area (Å²) in [6.45, 7) is 0.435. The minimum absolute atomic E-state index is 0.0323. The first-order valence-electron chi connectivity index (χ1n) is 6.68. The number of nitrogens with two attached hydrogens (primary N) is 1. The average Bonchev–Trinajstić information content (AvgIpc) is 2.53. The van der Waals surface area contributed by atoms with E-state index in [0.717, 1.165) is 4.90 Å².